The van der Waals surface area contributed by atoms with Crippen molar-refractivity contribution in [2.45, 2.75) is 6.04 Å². The number of nitriles is 3. The van der Waals surface area contributed by atoms with Gasteiger partial charge in [-0.25, -0.2) is 5.01 Å². The van der Waals surface area contributed by atoms with Gasteiger partial charge in [-0.1, -0.05) is 0 Å². The minimum absolute atomic E-state index is 0.0789. The number of hydrogen-bond donors (Lipinski definition) is 1. The van der Waals surface area contributed by atoms with Crippen molar-refractivity contribution in [1.29, 1.82) is 15.8 Å². The Kier molecular flexibility index (Phi) is 3.54. The Balaban J connectivity index is 2.15. The molecule has 2 N–H and O–H groups in total. The van der Waals surface area contributed by atoms with Crippen LogP contribution < -0.4 is 5.73 Å². The van der Waals surface area contributed by atoms with Crippen molar-refractivity contribution in [3.8, 4) is 18.2 Å². The van der Waals surface area contributed by atoms with Gasteiger partial charge in [0.1, 0.15) is 35.0 Å². The molecule has 0 radical (unpaired) electrons. The molecule has 1 unspecified atom stereocenters. The lowest BCUT2D eigenvalue weighted by Crippen LogP contribution is -2.31. The lowest BCUT2D eigenvalue weighted by atomic mass is 9.78. The zero-order chi connectivity index (χ0) is 17.2. The third-order valence-electron chi connectivity index (χ3n) is 3.68. The molecule has 8 nitrogen and oxygen atoms in total. The monoisotopic (exact) mass is 318 g/mol. The van der Waals surface area contributed by atoms with Crippen molar-refractivity contribution in [2.24, 2.45) is 16.3 Å². The summed E-state index contributed by atoms with van der Waals surface area (Å²) in [5.74, 6) is 0.665. The predicted octanol–water partition coefficient (Wildman–Crippen LogP) is 1.99. The van der Waals surface area contributed by atoms with Gasteiger partial charge in [-0.3, -0.25) is 0 Å². The van der Waals surface area contributed by atoms with Crippen LogP contribution in [0, 0.1) is 39.4 Å². The van der Waals surface area contributed by atoms with Crippen molar-refractivity contribution in [3.63, 3.8) is 0 Å². The Morgan fingerprint density at radius 1 is 1.17 bits per heavy atom. The summed E-state index contributed by atoms with van der Waals surface area (Å²) >= 11 is 0. The molecule has 0 saturated heterocycles. The summed E-state index contributed by atoms with van der Waals surface area (Å²) in [5.41, 5.74) is 4.01. The first-order valence-corrected chi connectivity index (χ1v) is 6.81. The van der Waals surface area contributed by atoms with Crippen LogP contribution in [0.4, 0.5) is 0 Å². The summed E-state index contributed by atoms with van der Waals surface area (Å²) in [4.78, 5) is 0. The molecule has 8 heteroatoms. The molecule has 3 heterocycles. The van der Waals surface area contributed by atoms with Crippen LogP contribution >= 0.6 is 0 Å². The van der Waals surface area contributed by atoms with E-state index in [1.807, 2.05) is 18.2 Å². The highest BCUT2D eigenvalue weighted by Gasteiger charge is 2.57. The van der Waals surface area contributed by atoms with Gasteiger partial charge in [0.05, 0.1) is 30.9 Å². The number of hydrazone groups is 1. The fraction of sp³-hybridized carbons (Fsp3) is 0.125. The summed E-state index contributed by atoms with van der Waals surface area (Å²) in [7, 11) is 0. The first-order valence-electron chi connectivity index (χ1n) is 6.81. The van der Waals surface area contributed by atoms with Gasteiger partial charge in [0.15, 0.2) is 0 Å². The standard InChI is InChI=1S/C16H10N6O2/c17-7-12-15(20)22(21-8-11-3-1-5-23-11)14(13-4-2-6-24-13)16(12,9-18)10-19/h1-6,8,14H,20H2/b21-8+. The summed E-state index contributed by atoms with van der Waals surface area (Å²) < 4.78 is 10.5. The number of nitrogens with zero attached hydrogens (tertiary/aromatic N) is 5. The Morgan fingerprint density at radius 2 is 1.88 bits per heavy atom. The summed E-state index contributed by atoms with van der Waals surface area (Å²) in [5, 5.41) is 34.1. The van der Waals surface area contributed by atoms with E-state index in [0.29, 0.717) is 11.5 Å². The second kappa shape index (κ2) is 5.68. The van der Waals surface area contributed by atoms with Crippen LogP contribution in [0.5, 0.6) is 0 Å². The summed E-state index contributed by atoms with van der Waals surface area (Å²) in [6, 6.07) is 11.2. The molecule has 0 aliphatic carbocycles. The van der Waals surface area contributed by atoms with E-state index in [-0.39, 0.29) is 11.4 Å². The average molecular weight is 318 g/mol. The van der Waals surface area contributed by atoms with E-state index in [2.05, 4.69) is 5.10 Å². The zero-order valence-corrected chi connectivity index (χ0v) is 12.2. The molecule has 1 atom stereocenters. The second-order valence-electron chi connectivity index (χ2n) is 4.93. The maximum atomic E-state index is 9.62. The van der Waals surface area contributed by atoms with Gasteiger partial charge in [-0.2, -0.15) is 20.9 Å². The first kappa shape index (κ1) is 15.0. The normalized spacial score (nSPS) is 19.2. The van der Waals surface area contributed by atoms with E-state index < -0.39 is 11.5 Å². The van der Waals surface area contributed by atoms with E-state index in [0.717, 1.165) is 0 Å². The minimum atomic E-state index is -1.82. The van der Waals surface area contributed by atoms with Crippen molar-refractivity contribution < 1.29 is 8.83 Å². The van der Waals surface area contributed by atoms with Crippen LogP contribution in [-0.4, -0.2) is 11.2 Å². The summed E-state index contributed by atoms with van der Waals surface area (Å²) in [6.45, 7) is 0. The fourth-order valence-electron chi connectivity index (χ4n) is 2.57. The molecule has 0 fully saturated rings. The summed E-state index contributed by atoms with van der Waals surface area (Å²) in [6.07, 6.45) is 4.26. The lowest BCUT2D eigenvalue weighted by Gasteiger charge is -2.25. The number of rotatable bonds is 3. The van der Waals surface area contributed by atoms with Crippen LogP contribution in [0.3, 0.4) is 0 Å². The van der Waals surface area contributed by atoms with E-state index in [1.165, 1.54) is 23.7 Å². The SMILES string of the molecule is N#CC1=C(N)N(/N=C/c2ccco2)C(c2ccco2)C1(C#N)C#N. The zero-order valence-electron chi connectivity index (χ0n) is 12.2. The van der Waals surface area contributed by atoms with Gasteiger partial charge in [0, 0.05) is 0 Å². The van der Waals surface area contributed by atoms with Crippen LogP contribution in [-0.2, 0) is 0 Å². The van der Waals surface area contributed by atoms with Crippen molar-refractivity contribution in [2.75, 3.05) is 0 Å². The molecule has 3 rings (SSSR count). The van der Waals surface area contributed by atoms with Crippen LogP contribution in [0.25, 0.3) is 0 Å². The van der Waals surface area contributed by atoms with Crippen molar-refractivity contribution in [1.82, 2.24) is 5.01 Å². The molecule has 2 aromatic heterocycles. The molecule has 0 spiro atoms. The van der Waals surface area contributed by atoms with Gasteiger partial charge in [-0.15, -0.1) is 0 Å². The third kappa shape index (κ3) is 2.01. The van der Waals surface area contributed by atoms with Gasteiger partial charge >= 0.3 is 0 Å². The molecule has 0 amide bonds. The Morgan fingerprint density at radius 3 is 2.42 bits per heavy atom. The lowest BCUT2D eigenvalue weighted by molar-refractivity contribution is 0.208. The molecule has 0 bridgehead atoms. The molecule has 0 aromatic carbocycles. The molecule has 2 aromatic rings. The minimum Gasteiger partial charge on any atom is -0.467 e. The van der Waals surface area contributed by atoms with Crippen LogP contribution in [0.15, 0.2) is 62.1 Å². The van der Waals surface area contributed by atoms with E-state index >= 15 is 0 Å². The van der Waals surface area contributed by atoms with Crippen LogP contribution in [0.1, 0.15) is 17.6 Å². The first-order chi connectivity index (χ1) is 11.7. The van der Waals surface area contributed by atoms with Gasteiger partial charge in [0.25, 0.3) is 0 Å². The Labute approximate surface area is 136 Å². The van der Waals surface area contributed by atoms with Gasteiger partial charge in [0.2, 0.25) is 5.41 Å². The molecule has 24 heavy (non-hydrogen) atoms. The van der Waals surface area contributed by atoms with Crippen molar-refractivity contribution in [3.05, 3.63) is 59.7 Å². The molecule has 116 valence electrons. The number of furan rings is 2. The molecule has 1 aliphatic rings. The highest BCUT2D eigenvalue weighted by molar-refractivity contribution is 5.75. The topological polar surface area (TPSA) is 139 Å². The fourth-order valence-corrected chi connectivity index (χ4v) is 2.57. The highest BCUT2D eigenvalue weighted by atomic mass is 16.3. The smallest absolute Gasteiger partial charge is 0.211 e. The third-order valence-corrected chi connectivity index (χ3v) is 3.68. The predicted molar refractivity (Wildman–Crippen MR) is 80.1 cm³/mol. The van der Waals surface area contributed by atoms with Crippen LogP contribution in [0.2, 0.25) is 0 Å². The average Bonchev–Trinajstić information content (AvgIpc) is 3.33. The second-order valence-corrected chi connectivity index (χ2v) is 4.93. The van der Waals surface area contributed by atoms with E-state index in [4.69, 9.17) is 14.6 Å². The largest absolute Gasteiger partial charge is 0.467 e. The molecular weight excluding hydrogens is 308 g/mol. The Bertz CT molecular complexity index is 905. The molecule has 1 aliphatic heterocycles. The maximum absolute atomic E-state index is 9.62. The van der Waals surface area contributed by atoms with Gasteiger partial charge < -0.3 is 14.6 Å². The van der Waals surface area contributed by atoms with Gasteiger partial charge in [-0.05, 0) is 24.3 Å². The number of nitrogens with two attached hydrogens (primary N) is 1. The molecule has 0 saturated carbocycles. The number of hydrogen-bond acceptors (Lipinski definition) is 8. The van der Waals surface area contributed by atoms with Crippen molar-refractivity contribution >= 4 is 6.21 Å². The highest BCUT2D eigenvalue weighted by Crippen LogP contribution is 2.51. The van der Waals surface area contributed by atoms with E-state index in [1.54, 1.807) is 24.3 Å². The quantitative estimate of drug-likeness (QED) is 0.853. The van der Waals surface area contributed by atoms with E-state index in [9.17, 15) is 15.8 Å². The molecular formula is C16H10N6O2. The Hall–Kier alpha value is -3.96. The maximum Gasteiger partial charge on any atom is 0.211 e.